The summed E-state index contributed by atoms with van der Waals surface area (Å²) in [5.41, 5.74) is 5.69. The Bertz CT molecular complexity index is 1140. The van der Waals surface area contributed by atoms with Gasteiger partial charge >= 0.3 is 27.3 Å². The van der Waals surface area contributed by atoms with Gasteiger partial charge in [0.2, 0.25) is 0 Å². The fourth-order valence-corrected chi connectivity index (χ4v) is 2.23. The number of nitrogens with one attached hydrogen (secondary N) is 1. The number of fused-ring (bicyclic) bond motifs is 1. The molecule has 0 atom stereocenters. The van der Waals surface area contributed by atoms with E-state index in [9.17, 15) is 19.2 Å². The van der Waals surface area contributed by atoms with Crippen molar-refractivity contribution in [3.8, 4) is 0 Å². The van der Waals surface area contributed by atoms with E-state index in [4.69, 9.17) is 45.6 Å². The van der Waals surface area contributed by atoms with Crippen LogP contribution in [0.25, 0.3) is 10.9 Å². The van der Waals surface area contributed by atoms with Crippen LogP contribution >= 0.6 is 34.8 Å². The summed E-state index contributed by atoms with van der Waals surface area (Å²) in [6.07, 6.45) is 0. The van der Waals surface area contributed by atoms with Gasteiger partial charge in [-0.15, -0.1) is 0 Å². The number of anilines is 1. The van der Waals surface area contributed by atoms with Crippen molar-refractivity contribution in [3.63, 3.8) is 0 Å². The summed E-state index contributed by atoms with van der Waals surface area (Å²) >= 11 is 15.0. The number of carboxylic acids is 1. The molecule has 0 fully saturated rings. The molecular formula is C18H15Cl3N2O7. The van der Waals surface area contributed by atoms with Crippen molar-refractivity contribution in [2.24, 2.45) is 0 Å². The molecule has 0 unspecified atom stereocenters. The number of aromatic carboxylic acids is 1. The number of carbonyl (C=O) groups excluding carboxylic acids is 1. The van der Waals surface area contributed by atoms with E-state index in [0.29, 0.717) is 16.6 Å². The molecule has 0 saturated carbocycles. The average Bonchev–Trinajstić information content (AvgIpc) is 2.60. The van der Waals surface area contributed by atoms with Crippen LogP contribution in [0.1, 0.15) is 17.3 Å². The van der Waals surface area contributed by atoms with Gasteiger partial charge in [-0.2, -0.15) is 0 Å². The molecule has 0 aliphatic carbocycles. The molecule has 12 heteroatoms. The van der Waals surface area contributed by atoms with Crippen molar-refractivity contribution in [1.82, 2.24) is 4.98 Å². The zero-order chi connectivity index (χ0) is 22.9. The summed E-state index contributed by atoms with van der Waals surface area (Å²) in [5.74, 6) is -2.33. The molecule has 0 amide bonds. The summed E-state index contributed by atoms with van der Waals surface area (Å²) in [4.78, 5) is 44.4. The van der Waals surface area contributed by atoms with Crippen molar-refractivity contribution in [2.45, 2.75) is 10.9 Å². The number of carbonyl (C=O) groups is 2. The monoisotopic (exact) mass is 476 g/mol. The fourth-order valence-electron chi connectivity index (χ4n) is 1.90. The minimum absolute atomic E-state index is 0.155. The van der Waals surface area contributed by atoms with E-state index >= 15 is 0 Å². The van der Waals surface area contributed by atoms with Crippen molar-refractivity contribution < 1.29 is 23.8 Å². The fraction of sp³-hybridized carbons (Fsp3) is 0.111. The van der Waals surface area contributed by atoms with Crippen LogP contribution in [-0.4, -0.2) is 26.0 Å². The maximum Gasteiger partial charge on any atom is 0.419 e. The molecule has 0 radical (unpaired) electrons. The first-order valence-corrected chi connectivity index (χ1v) is 9.00. The predicted molar refractivity (Wildman–Crippen MR) is 113 cm³/mol. The van der Waals surface area contributed by atoms with Gasteiger partial charge in [0.25, 0.3) is 0 Å². The number of hydrogen-bond acceptors (Lipinski definition) is 7. The number of ether oxygens (including phenoxy) is 1. The van der Waals surface area contributed by atoms with Crippen LogP contribution < -0.4 is 17.1 Å². The number of nitrogen functional groups attached to an aromatic ring is 1. The molecule has 2 aromatic carbocycles. The number of carboxylic acid groups (broad SMARTS) is 1. The van der Waals surface area contributed by atoms with Gasteiger partial charge in [-0.1, -0.05) is 24.3 Å². The van der Waals surface area contributed by atoms with Crippen molar-refractivity contribution in [1.29, 1.82) is 0 Å². The van der Waals surface area contributed by atoms with Crippen LogP contribution in [0.5, 0.6) is 0 Å². The van der Waals surface area contributed by atoms with Crippen LogP contribution in [-0.2, 0) is 9.53 Å². The molecule has 9 nitrogen and oxygen atoms in total. The van der Waals surface area contributed by atoms with E-state index in [2.05, 4.69) is 14.1 Å². The number of H-pyrrole nitrogens is 1. The number of aromatic nitrogens is 1. The zero-order valence-electron chi connectivity index (χ0n) is 15.2. The molecule has 160 valence electrons. The highest BCUT2D eigenvalue weighted by atomic mass is 35.6. The Morgan fingerprint density at radius 3 is 2.10 bits per heavy atom. The third-order valence-corrected chi connectivity index (χ3v) is 3.25. The Morgan fingerprint density at radius 2 is 1.63 bits per heavy atom. The van der Waals surface area contributed by atoms with Crippen molar-refractivity contribution in [3.05, 3.63) is 75.1 Å². The molecule has 0 bridgehead atoms. The second kappa shape index (κ2) is 11.2. The predicted octanol–water partition coefficient (Wildman–Crippen LogP) is 3.33. The van der Waals surface area contributed by atoms with Crippen LogP contribution in [0.3, 0.4) is 0 Å². The second-order valence-electron chi connectivity index (χ2n) is 5.28. The van der Waals surface area contributed by atoms with E-state index < -0.39 is 27.3 Å². The normalized spacial score (nSPS) is 10.1. The topological polar surface area (TPSA) is 153 Å². The molecule has 0 aliphatic rings. The van der Waals surface area contributed by atoms with E-state index in [1.807, 2.05) is 0 Å². The number of para-hydroxylation sites is 2. The summed E-state index contributed by atoms with van der Waals surface area (Å²) in [7, 11) is 0. The van der Waals surface area contributed by atoms with E-state index in [-0.39, 0.29) is 5.56 Å². The molecule has 4 N–H and O–H groups in total. The van der Waals surface area contributed by atoms with Crippen LogP contribution in [0.2, 0.25) is 0 Å². The zero-order valence-corrected chi connectivity index (χ0v) is 17.5. The minimum atomic E-state index is -1.91. The number of benzene rings is 2. The molecule has 0 aliphatic heterocycles. The van der Waals surface area contributed by atoms with Gasteiger partial charge in [0.05, 0.1) is 16.5 Å². The standard InChI is InChI=1S/C8H5NO3.C7H7NO2.C3H3Cl3O2/c10-7-5-3-1-2-4-6(5)9-8(11)12-7;8-6-4-2-1-3-5(6)7(9)10;1-2(7)8-3(4,5)6/h1-4H,(H,9,11);1-4H,8H2,(H,9,10);1H3. The Kier molecular flexibility index (Phi) is 9.38. The van der Waals surface area contributed by atoms with Gasteiger partial charge in [0.15, 0.2) is 0 Å². The Balaban J connectivity index is 0.000000231. The van der Waals surface area contributed by atoms with Gasteiger partial charge in [0.1, 0.15) is 0 Å². The van der Waals surface area contributed by atoms with Crippen LogP contribution in [0, 0.1) is 0 Å². The molecule has 3 rings (SSSR count). The lowest BCUT2D eigenvalue weighted by atomic mass is 10.2. The number of aromatic amines is 1. The molecule has 0 saturated heterocycles. The lowest BCUT2D eigenvalue weighted by molar-refractivity contribution is -0.141. The van der Waals surface area contributed by atoms with Gasteiger partial charge in [-0.05, 0) is 59.1 Å². The molecule has 30 heavy (non-hydrogen) atoms. The largest absolute Gasteiger partial charge is 0.478 e. The molecule has 1 aromatic heterocycles. The number of hydrogen-bond donors (Lipinski definition) is 3. The summed E-state index contributed by atoms with van der Waals surface area (Å²) < 4.78 is 6.51. The van der Waals surface area contributed by atoms with E-state index in [0.717, 1.165) is 6.92 Å². The first-order chi connectivity index (χ1) is 13.9. The number of alkyl halides is 3. The third kappa shape index (κ3) is 8.99. The number of nitrogens with two attached hydrogens (primary N) is 1. The summed E-state index contributed by atoms with van der Waals surface area (Å²) in [6, 6.07) is 13.0. The minimum Gasteiger partial charge on any atom is -0.478 e. The van der Waals surface area contributed by atoms with E-state index in [1.54, 1.807) is 42.5 Å². The van der Waals surface area contributed by atoms with Gasteiger partial charge in [-0.3, -0.25) is 9.78 Å². The lowest BCUT2D eigenvalue weighted by Crippen LogP contribution is -2.13. The maximum atomic E-state index is 11.0. The SMILES string of the molecule is CC(=O)OC(Cl)(Cl)Cl.Nc1ccccc1C(=O)O.O=c1[nH]c2ccccc2c(=O)o1. The lowest BCUT2D eigenvalue weighted by Gasteiger charge is -2.08. The molecule has 1 heterocycles. The van der Waals surface area contributed by atoms with E-state index in [1.165, 1.54) is 6.07 Å². The quantitative estimate of drug-likeness (QED) is 0.274. The highest BCUT2D eigenvalue weighted by molar-refractivity contribution is 6.66. The second-order valence-corrected chi connectivity index (χ2v) is 7.46. The number of rotatable bonds is 1. The highest BCUT2D eigenvalue weighted by Crippen LogP contribution is 2.26. The van der Waals surface area contributed by atoms with Crippen molar-refractivity contribution in [2.75, 3.05) is 5.73 Å². The highest BCUT2D eigenvalue weighted by Gasteiger charge is 2.22. The third-order valence-electron chi connectivity index (χ3n) is 3.02. The average molecular weight is 478 g/mol. The Morgan fingerprint density at radius 1 is 1.07 bits per heavy atom. The maximum absolute atomic E-state index is 11.0. The smallest absolute Gasteiger partial charge is 0.419 e. The summed E-state index contributed by atoms with van der Waals surface area (Å²) in [5, 5.41) is 8.87. The van der Waals surface area contributed by atoms with Crippen molar-refractivity contribution >= 4 is 63.3 Å². The number of halogens is 3. The first-order valence-electron chi connectivity index (χ1n) is 7.87. The Hall–Kier alpha value is -3.01. The van der Waals surface area contributed by atoms with Crippen LogP contribution in [0.4, 0.5) is 5.69 Å². The van der Waals surface area contributed by atoms with Crippen LogP contribution in [0.15, 0.2) is 62.5 Å². The Labute approximate surface area is 183 Å². The van der Waals surface area contributed by atoms with Gasteiger partial charge in [-0.25, -0.2) is 14.4 Å². The van der Waals surface area contributed by atoms with Gasteiger partial charge < -0.3 is 20.0 Å². The van der Waals surface area contributed by atoms with Gasteiger partial charge in [0, 0.05) is 12.6 Å². The molecule has 0 spiro atoms. The summed E-state index contributed by atoms with van der Waals surface area (Å²) in [6.45, 7) is 1.15. The number of esters is 1. The first kappa shape index (κ1) is 25.0. The molecular weight excluding hydrogens is 463 g/mol. The molecule has 3 aromatic rings.